The molecule has 0 saturated carbocycles. The van der Waals surface area contributed by atoms with Gasteiger partial charge in [-0.15, -0.1) is 0 Å². The lowest BCUT2D eigenvalue weighted by Gasteiger charge is -2.13. The summed E-state index contributed by atoms with van der Waals surface area (Å²) in [6.07, 6.45) is 0. The Balaban J connectivity index is 1.47. The van der Waals surface area contributed by atoms with Gasteiger partial charge in [0.15, 0.2) is 6.61 Å². The number of carbonyl (C=O) groups excluding carboxylic acids is 1. The van der Waals surface area contributed by atoms with Crippen molar-refractivity contribution in [1.82, 2.24) is 0 Å². The molecule has 3 rings (SSSR count). The number of ether oxygens (including phenoxy) is 3. The molecule has 0 aliphatic carbocycles. The number of rotatable bonds is 10. The Kier molecular flexibility index (Phi) is 7.21. The number of nitrogens with one attached hydrogen (secondary N) is 1. The predicted molar refractivity (Wildman–Crippen MR) is 111 cm³/mol. The molecule has 0 aliphatic rings. The predicted octanol–water partition coefficient (Wildman–Crippen LogP) is 4.07. The highest BCUT2D eigenvalue weighted by atomic mass is 16.6. The van der Waals surface area contributed by atoms with Crippen LogP contribution >= 0.6 is 0 Å². The first-order valence-corrected chi connectivity index (χ1v) is 9.18. The van der Waals surface area contributed by atoms with Gasteiger partial charge < -0.3 is 19.5 Å². The van der Waals surface area contributed by atoms with Gasteiger partial charge in [-0.2, -0.15) is 0 Å². The molecule has 0 fully saturated rings. The van der Waals surface area contributed by atoms with Gasteiger partial charge in [0.1, 0.15) is 30.5 Å². The number of benzene rings is 3. The first-order valence-electron chi connectivity index (χ1n) is 9.18. The van der Waals surface area contributed by atoms with E-state index >= 15 is 0 Å². The van der Waals surface area contributed by atoms with Crippen molar-refractivity contribution in [3.63, 3.8) is 0 Å². The maximum absolute atomic E-state index is 12.2. The third kappa shape index (κ3) is 6.23. The van der Waals surface area contributed by atoms with E-state index in [9.17, 15) is 14.9 Å². The summed E-state index contributed by atoms with van der Waals surface area (Å²) in [5.74, 6) is 1.24. The normalized spacial score (nSPS) is 10.1. The van der Waals surface area contributed by atoms with Crippen LogP contribution in [-0.4, -0.2) is 30.7 Å². The van der Waals surface area contributed by atoms with Gasteiger partial charge in [-0.3, -0.25) is 14.9 Å². The van der Waals surface area contributed by atoms with Crippen LogP contribution in [0.2, 0.25) is 0 Å². The molecular formula is C22H20N2O6. The Bertz CT molecular complexity index is 976. The van der Waals surface area contributed by atoms with E-state index in [0.717, 1.165) is 5.75 Å². The molecule has 1 amide bonds. The Morgan fingerprint density at radius 3 is 2.17 bits per heavy atom. The maximum Gasteiger partial charge on any atom is 0.269 e. The van der Waals surface area contributed by atoms with Gasteiger partial charge in [0.05, 0.1) is 10.6 Å². The third-order valence-corrected chi connectivity index (χ3v) is 3.93. The molecule has 0 atom stereocenters. The molecule has 154 valence electrons. The van der Waals surface area contributed by atoms with Crippen molar-refractivity contribution in [3.8, 4) is 17.2 Å². The molecule has 0 radical (unpaired) electrons. The largest absolute Gasteiger partial charge is 0.490 e. The molecule has 0 spiro atoms. The zero-order chi connectivity index (χ0) is 21.2. The summed E-state index contributed by atoms with van der Waals surface area (Å²) >= 11 is 0. The van der Waals surface area contributed by atoms with Crippen molar-refractivity contribution < 1.29 is 23.9 Å². The number of para-hydroxylation sites is 3. The Hall–Kier alpha value is -4.07. The van der Waals surface area contributed by atoms with Crippen molar-refractivity contribution in [3.05, 3.63) is 89.0 Å². The van der Waals surface area contributed by atoms with Gasteiger partial charge in [0, 0.05) is 12.1 Å². The van der Waals surface area contributed by atoms with E-state index in [1.165, 1.54) is 24.3 Å². The lowest BCUT2D eigenvalue weighted by molar-refractivity contribution is -0.384. The first-order chi connectivity index (χ1) is 14.6. The van der Waals surface area contributed by atoms with Crippen LogP contribution < -0.4 is 19.5 Å². The minimum Gasteiger partial charge on any atom is -0.490 e. The van der Waals surface area contributed by atoms with Crippen LogP contribution in [0.3, 0.4) is 0 Å². The topological polar surface area (TPSA) is 99.9 Å². The zero-order valence-electron chi connectivity index (χ0n) is 16.0. The van der Waals surface area contributed by atoms with E-state index in [1.807, 2.05) is 30.3 Å². The number of carbonyl (C=O) groups is 1. The highest BCUT2D eigenvalue weighted by molar-refractivity contribution is 5.93. The zero-order valence-corrected chi connectivity index (χ0v) is 16.0. The van der Waals surface area contributed by atoms with E-state index in [1.54, 1.807) is 24.3 Å². The molecule has 1 N–H and O–H groups in total. The second kappa shape index (κ2) is 10.5. The van der Waals surface area contributed by atoms with Gasteiger partial charge in [-0.05, 0) is 36.4 Å². The molecule has 8 heteroatoms. The average molecular weight is 408 g/mol. The van der Waals surface area contributed by atoms with Crippen molar-refractivity contribution in [1.29, 1.82) is 0 Å². The second-order valence-electron chi connectivity index (χ2n) is 6.09. The van der Waals surface area contributed by atoms with Crippen LogP contribution in [0.4, 0.5) is 11.4 Å². The molecule has 3 aromatic carbocycles. The summed E-state index contributed by atoms with van der Waals surface area (Å²) in [6, 6.07) is 22.0. The fraction of sp³-hybridized carbons (Fsp3) is 0.136. The fourth-order valence-corrected chi connectivity index (χ4v) is 2.52. The summed E-state index contributed by atoms with van der Waals surface area (Å²) in [5, 5.41) is 13.4. The molecule has 3 aromatic rings. The number of nitrogens with zero attached hydrogens (tertiary/aromatic N) is 1. The molecule has 0 aromatic heterocycles. The fourth-order valence-electron chi connectivity index (χ4n) is 2.52. The van der Waals surface area contributed by atoms with Crippen LogP contribution in [0.15, 0.2) is 78.9 Å². The van der Waals surface area contributed by atoms with E-state index in [-0.39, 0.29) is 18.2 Å². The van der Waals surface area contributed by atoms with Crippen molar-refractivity contribution in [2.24, 2.45) is 0 Å². The molecule has 8 nitrogen and oxygen atoms in total. The van der Waals surface area contributed by atoms with Gasteiger partial charge in [-0.1, -0.05) is 30.3 Å². The highest BCUT2D eigenvalue weighted by Crippen LogP contribution is 2.24. The van der Waals surface area contributed by atoms with Gasteiger partial charge in [-0.25, -0.2) is 0 Å². The maximum atomic E-state index is 12.2. The van der Waals surface area contributed by atoms with Gasteiger partial charge in [0.2, 0.25) is 0 Å². The van der Waals surface area contributed by atoms with Crippen LogP contribution in [0, 0.1) is 10.1 Å². The quantitative estimate of drug-likeness (QED) is 0.308. The summed E-state index contributed by atoms with van der Waals surface area (Å²) < 4.78 is 16.7. The lowest BCUT2D eigenvalue weighted by Crippen LogP contribution is -2.21. The smallest absolute Gasteiger partial charge is 0.269 e. The Morgan fingerprint density at radius 1 is 0.800 bits per heavy atom. The van der Waals surface area contributed by atoms with E-state index < -0.39 is 4.92 Å². The van der Waals surface area contributed by atoms with Crippen molar-refractivity contribution in [2.45, 2.75) is 0 Å². The minimum absolute atomic E-state index is 0.0471. The van der Waals surface area contributed by atoms with Crippen LogP contribution in [0.1, 0.15) is 0 Å². The lowest BCUT2D eigenvalue weighted by atomic mass is 10.3. The molecule has 0 bridgehead atoms. The number of nitro groups is 1. The van der Waals surface area contributed by atoms with Crippen LogP contribution in [0.25, 0.3) is 0 Å². The molecule has 30 heavy (non-hydrogen) atoms. The minimum atomic E-state index is -0.502. The van der Waals surface area contributed by atoms with Crippen LogP contribution in [-0.2, 0) is 4.79 Å². The summed E-state index contributed by atoms with van der Waals surface area (Å²) in [5.41, 5.74) is 0.462. The monoisotopic (exact) mass is 408 g/mol. The number of nitro benzene ring substituents is 1. The van der Waals surface area contributed by atoms with Gasteiger partial charge >= 0.3 is 0 Å². The SMILES string of the molecule is O=C(COc1ccc([N+](=O)[O-])cc1)Nc1ccccc1OCCOc1ccccc1. The number of amides is 1. The van der Waals surface area contributed by atoms with E-state index in [0.29, 0.717) is 30.4 Å². The summed E-state index contributed by atoms with van der Waals surface area (Å²) in [7, 11) is 0. The third-order valence-electron chi connectivity index (χ3n) is 3.93. The van der Waals surface area contributed by atoms with E-state index in [4.69, 9.17) is 14.2 Å². The molecule has 0 saturated heterocycles. The summed E-state index contributed by atoms with van der Waals surface area (Å²) in [6.45, 7) is 0.417. The standard InChI is InChI=1S/C22H20N2O6/c25-22(16-30-19-12-10-17(11-13-19)24(26)27)23-20-8-4-5-9-21(20)29-15-14-28-18-6-2-1-3-7-18/h1-13H,14-16H2,(H,23,25). The molecule has 0 heterocycles. The molecule has 0 aliphatic heterocycles. The number of hydrogen-bond donors (Lipinski definition) is 1. The highest BCUT2D eigenvalue weighted by Gasteiger charge is 2.10. The van der Waals surface area contributed by atoms with E-state index in [2.05, 4.69) is 5.32 Å². The Labute approximate surface area is 173 Å². The van der Waals surface area contributed by atoms with Gasteiger partial charge in [0.25, 0.3) is 11.6 Å². The number of hydrogen-bond acceptors (Lipinski definition) is 6. The van der Waals surface area contributed by atoms with Crippen LogP contribution in [0.5, 0.6) is 17.2 Å². The number of non-ortho nitro benzene ring substituents is 1. The first kappa shape index (κ1) is 20.7. The van der Waals surface area contributed by atoms with Crippen molar-refractivity contribution >= 4 is 17.3 Å². The van der Waals surface area contributed by atoms with Crippen molar-refractivity contribution in [2.75, 3.05) is 25.1 Å². The molecular weight excluding hydrogens is 388 g/mol. The Morgan fingerprint density at radius 2 is 1.43 bits per heavy atom. The number of anilines is 1. The molecule has 0 unspecified atom stereocenters. The second-order valence-corrected chi connectivity index (χ2v) is 6.09. The average Bonchev–Trinajstić information content (AvgIpc) is 2.77. The summed E-state index contributed by atoms with van der Waals surface area (Å²) in [4.78, 5) is 22.4.